The summed E-state index contributed by atoms with van der Waals surface area (Å²) in [5.41, 5.74) is 0.299. The van der Waals surface area contributed by atoms with E-state index in [0.717, 1.165) is 0 Å². The number of benzene rings is 2. The van der Waals surface area contributed by atoms with Crippen LogP contribution in [0.15, 0.2) is 65.6 Å². The van der Waals surface area contributed by atoms with Crippen LogP contribution < -0.4 is 20.3 Å². The van der Waals surface area contributed by atoms with E-state index in [4.69, 9.17) is 9.47 Å². The lowest BCUT2D eigenvalue weighted by Crippen LogP contribution is -2.29. The third-order valence-corrected chi connectivity index (χ3v) is 4.40. The summed E-state index contributed by atoms with van der Waals surface area (Å²) >= 11 is 0. The Balaban J connectivity index is 1.86. The van der Waals surface area contributed by atoms with Crippen molar-refractivity contribution in [1.29, 1.82) is 0 Å². The second kappa shape index (κ2) is 8.91. The molecule has 1 amide bonds. The summed E-state index contributed by atoms with van der Waals surface area (Å²) in [5.74, 6) is 0.344. The first-order valence-corrected chi connectivity index (χ1v) is 8.89. The number of hydrogen-bond donors (Lipinski definition) is 1. The number of carbonyl (C=O) groups is 1. The lowest BCUT2D eigenvalue weighted by Gasteiger charge is -2.12. The summed E-state index contributed by atoms with van der Waals surface area (Å²) in [4.78, 5) is 35.9. The van der Waals surface area contributed by atoms with Crippen molar-refractivity contribution in [1.82, 2.24) is 4.57 Å². The number of hydrogen-bond acceptors (Lipinski definition) is 6. The quantitative estimate of drug-likeness (QED) is 0.474. The van der Waals surface area contributed by atoms with Gasteiger partial charge in [0.15, 0.2) is 0 Å². The number of nitrogens with one attached hydrogen (secondary N) is 1. The van der Waals surface area contributed by atoms with Gasteiger partial charge in [0.05, 0.1) is 31.4 Å². The highest BCUT2D eigenvalue weighted by atomic mass is 16.6. The molecule has 0 bridgehead atoms. The number of rotatable bonds is 7. The molecule has 0 radical (unpaired) electrons. The molecule has 9 heteroatoms. The van der Waals surface area contributed by atoms with E-state index in [-0.39, 0.29) is 17.8 Å². The zero-order valence-corrected chi connectivity index (χ0v) is 16.3. The highest BCUT2D eigenvalue weighted by Gasteiger charge is 2.16. The van der Waals surface area contributed by atoms with E-state index in [1.165, 1.54) is 43.2 Å². The predicted molar refractivity (Wildman–Crippen MR) is 110 cm³/mol. The molecule has 9 nitrogen and oxygen atoms in total. The Morgan fingerprint density at radius 3 is 2.60 bits per heavy atom. The Kier molecular flexibility index (Phi) is 6.11. The number of nitro benzene ring substituents is 1. The monoisotopic (exact) mass is 409 g/mol. The molecule has 0 aliphatic heterocycles. The molecule has 3 aromatic rings. The van der Waals surface area contributed by atoms with Crippen LogP contribution in [0.3, 0.4) is 0 Å². The number of pyridine rings is 1. The number of ether oxygens (including phenoxy) is 2. The molecule has 0 aliphatic carbocycles. The summed E-state index contributed by atoms with van der Waals surface area (Å²) in [6, 6.07) is 13.8. The van der Waals surface area contributed by atoms with Crippen molar-refractivity contribution in [2.45, 2.75) is 6.54 Å². The summed E-state index contributed by atoms with van der Waals surface area (Å²) in [5, 5.41) is 13.6. The molecule has 3 rings (SSSR count). The summed E-state index contributed by atoms with van der Waals surface area (Å²) in [6.07, 6.45) is 1.52. The maximum Gasteiger partial charge on any atom is 0.269 e. The van der Waals surface area contributed by atoms with Crippen LogP contribution in [-0.2, 0) is 6.54 Å². The standard InChI is InChI=1S/C21H19N3O6/c1-29-16-8-9-18(19(12-16)30-2)22-20(25)17-7-4-10-23(21(17)26)13-14-5-3-6-15(11-14)24(27)28/h3-12H,13H2,1-2H3,(H,22,25). The Labute approximate surface area is 171 Å². The van der Waals surface area contributed by atoms with Gasteiger partial charge in [-0.3, -0.25) is 19.7 Å². The van der Waals surface area contributed by atoms with E-state index in [1.807, 2.05) is 0 Å². The molecule has 0 unspecified atom stereocenters. The van der Waals surface area contributed by atoms with Gasteiger partial charge < -0.3 is 19.4 Å². The summed E-state index contributed by atoms with van der Waals surface area (Å²) in [7, 11) is 2.97. The number of nitro groups is 1. The van der Waals surface area contributed by atoms with Gasteiger partial charge in [-0.25, -0.2) is 0 Å². The average molecular weight is 409 g/mol. The average Bonchev–Trinajstić information content (AvgIpc) is 2.75. The lowest BCUT2D eigenvalue weighted by atomic mass is 10.2. The third-order valence-electron chi connectivity index (χ3n) is 4.40. The number of carbonyl (C=O) groups excluding carboxylic acids is 1. The highest BCUT2D eigenvalue weighted by Crippen LogP contribution is 2.29. The Bertz CT molecular complexity index is 1160. The van der Waals surface area contributed by atoms with E-state index < -0.39 is 16.4 Å². The van der Waals surface area contributed by atoms with Crippen LogP contribution in [0.2, 0.25) is 0 Å². The zero-order valence-electron chi connectivity index (χ0n) is 16.3. The van der Waals surface area contributed by atoms with Gasteiger partial charge >= 0.3 is 0 Å². The van der Waals surface area contributed by atoms with E-state index in [2.05, 4.69) is 5.32 Å². The summed E-state index contributed by atoms with van der Waals surface area (Å²) in [6.45, 7) is 0.0908. The molecule has 30 heavy (non-hydrogen) atoms. The van der Waals surface area contributed by atoms with Crippen LogP contribution in [-0.4, -0.2) is 29.6 Å². The third kappa shape index (κ3) is 4.46. The van der Waals surface area contributed by atoms with Gasteiger partial charge in [-0.1, -0.05) is 12.1 Å². The van der Waals surface area contributed by atoms with Crippen molar-refractivity contribution < 1.29 is 19.2 Å². The molecule has 0 saturated carbocycles. The van der Waals surface area contributed by atoms with Crippen LogP contribution in [0.5, 0.6) is 11.5 Å². The topological polar surface area (TPSA) is 113 Å². The Hall–Kier alpha value is -4.14. The molecule has 0 saturated heterocycles. The minimum atomic E-state index is -0.600. The van der Waals surface area contributed by atoms with Crippen LogP contribution >= 0.6 is 0 Å². The minimum absolute atomic E-state index is 0.0685. The number of aromatic nitrogens is 1. The van der Waals surface area contributed by atoms with Gasteiger partial charge in [0.2, 0.25) is 0 Å². The smallest absolute Gasteiger partial charge is 0.269 e. The molecule has 0 atom stereocenters. The van der Waals surface area contributed by atoms with Crippen molar-refractivity contribution in [3.8, 4) is 11.5 Å². The fourth-order valence-electron chi connectivity index (χ4n) is 2.89. The predicted octanol–water partition coefficient (Wildman–Crippen LogP) is 3.07. The maximum atomic E-state index is 12.8. The first-order valence-electron chi connectivity index (χ1n) is 8.89. The summed E-state index contributed by atoms with van der Waals surface area (Å²) < 4.78 is 11.7. The largest absolute Gasteiger partial charge is 0.497 e. The molecule has 0 fully saturated rings. The van der Waals surface area contributed by atoms with Crippen LogP contribution in [0.4, 0.5) is 11.4 Å². The fraction of sp³-hybridized carbons (Fsp3) is 0.143. The van der Waals surface area contributed by atoms with Gasteiger partial charge in [-0.15, -0.1) is 0 Å². The number of anilines is 1. The Morgan fingerprint density at radius 2 is 1.90 bits per heavy atom. The van der Waals surface area contributed by atoms with Crippen molar-refractivity contribution in [3.05, 3.63) is 92.4 Å². The van der Waals surface area contributed by atoms with Gasteiger partial charge in [0.1, 0.15) is 17.1 Å². The van der Waals surface area contributed by atoms with Crippen molar-refractivity contribution >= 4 is 17.3 Å². The minimum Gasteiger partial charge on any atom is -0.497 e. The second-order valence-corrected chi connectivity index (χ2v) is 6.30. The maximum absolute atomic E-state index is 12.8. The fourth-order valence-corrected chi connectivity index (χ4v) is 2.89. The molecular weight excluding hydrogens is 390 g/mol. The molecule has 154 valence electrons. The first kappa shape index (κ1) is 20.6. The van der Waals surface area contributed by atoms with Crippen molar-refractivity contribution in [3.63, 3.8) is 0 Å². The Morgan fingerprint density at radius 1 is 1.10 bits per heavy atom. The zero-order chi connectivity index (χ0) is 21.7. The molecule has 1 aromatic heterocycles. The van der Waals surface area contributed by atoms with Crippen LogP contribution in [0.25, 0.3) is 0 Å². The van der Waals surface area contributed by atoms with Crippen molar-refractivity contribution in [2.75, 3.05) is 19.5 Å². The van der Waals surface area contributed by atoms with Gasteiger partial charge in [0.25, 0.3) is 17.2 Å². The van der Waals surface area contributed by atoms with E-state index in [0.29, 0.717) is 22.7 Å². The van der Waals surface area contributed by atoms with Gasteiger partial charge in [-0.05, 0) is 29.8 Å². The number of methoxy groups -OCH3 is 2. The van der Waals surface area contributed by atoms with Crippen molar-refractivity contribution in [2.24, 2.45) is 0 Å². The lowest BCUT2D eigenvalue weighted by molar-refractivity contribution is -0.384. The van der Waals surface area contributed by atoms with E-state index in [1.54, 1.807) is 36.4 Å². The van der Waals surface area contributed by atoms with Crippen LogP contribution in [0.1, 0.15) is 15.9 Å². The van der Waals surface area contributed by atoms with Crippen LogP contribution in [0, 0.1) is 10.1 Å². The van der Waals surface area contributed by atoms with Gasteiger partial charge in [-0.2, -0.15) is 0 Å². The van der Waals surface area contributed by atoms with Gasteiger partial charge in [0, 0.05) is 24.4 Å². The molecule has 0 spiro atoms. The highest BCUT2D eigenvalue weighted by molar-refractivity contribution is 6.04. The first-order chi connectivity index (χ1) is 14.4. The SMILES string of the molecule is COc1ccc(NC(=O)c2cccn(Cc3cccc([N+](=O)[O-])c3)c2=O)c(OC)c1. The van der Waals surface area contributed by atoms with E-state index >= 15 is 0 Å². The van der Waals surface area contributed by atoms with E-state index in [9.17, 15) is 19.7 Å². The molecule has 2 aromatic carbocycles. The molecule has 1 heterocycles. The normalized spacial score (nSPS) is 10.3. The number of non-ortho nitro benzene ring substituents is 1. The number of nitrogens with zero attached hydrogens (tertiary/aromatic N) is 2. The molecule has 1 N–H and O–H groups in total. The molecular formula is C21H19N3O6. The molecule has 0 aliphatic rings. The second-order valence-electron chi connectivity index (χ2n) is 6.30. The number of amides is 1.